The van der Waals surface area contributed by atoms with Crippen LogP contribution < -0.4 is 5.73 Å². The number of nitrogens with two attached hydrogens (primary N) is 1. The van der Waals surface area contributed by atoms with Crippen molar-refractivity contribution in [1.29, 1.82) is 15.8 Å². The molecule has 0 bridgehead atoms. The fourth-order valence-electron chi connectivity index (χ4n) is 4.76. The van der Waals surface area contributed by atoms with Crippen LogP contribution in [0.15, 0.2) is 82.0 Å². The second-order valence-electron chi connectivity index (χ2n) is 7.91. The number of hydrogen-bond acceptors (Lipinski definition) is 5. The second-order valence-corrected chi connectivity index (χ2v) is 8.82. The fourth-order valence-corrected chi connectivity index (χ4v) is 5.02. The number of benzene rings is 2. The molecule has 0 saturated carbocycles. The third kappa shape index (κ3) is 3.53. The maximum absolute atomic E-state index is 10.2. The number of nitriles is 3. The number of hydrogen-bond donors (Lipinski definition) is 1. The molecule has 2 aromatic rings. The van der Waals surface area contributed by atoms with Gasteiger partial charge in [0.1, 0.15) is 6.07 Å². The Morgan fingerprint density at radius 3 is 2.32 bits per heavy atom. The molecule has 2 aromatic carbocycles. The number of halogens is 1. The van der Waals surface area contributed by atoms with Crippen LogP contribution in [0.4, 0.5) is 0 Å². The lowest BCUT2D eigenvalue weighted by molar-refractivity contribution is 0.201. The van der Waals surface area contributed by atoms with Crippen molar-refractivity contribution in [1.82, 2.24) is 4.90 Å². The Morgan fingerprint density at radius 1 is 1.03 bits per heavy atom. The summed E-state index contributed by atoms with van der Waals surface area (Å²) in [5.74, 6) is -0.669. The second kappa shape index (κ2) is 8.40. The molecule has 5 nitrogen and oxygen atoms in total. The van der Waals surface area contributed by atoms with Crippen LogP contribution in [0, 0.1) is 45.3 Å². The lowest BCUT2D eigenvalue weighted by atomic mass is 9.58. The first-order valence-corrected chi connectivity index (χ1v) is 10.8. The van der Waals surface area contributed by atoms with Gasteiger partial charge in [-0.3, -0.25) is 4.90 Å². The SMILES string of the molecule is N#CC1=C(N)C(C#N)(C#N)[C@H](c2ccc(Br)cc2)[C@H]2CN(Cc3ccccc3)CC=C12. The quantitative estimate of drug-likeness (QED) is 0.718. The Hall–Kier alpha value is -3.37. The first-order chi connectivity index (χ1) is 15.0. The number of nitrogens with zero attached hydrogens (tertiary/aromatic N) is 4. The largest absolute Gasteiger partial charge is 0.399 e. The van der Waals surface area contributed by atoms with E-state index in [0.717, 1.165) is 22.2 Å². The van der Waals surface area contributed by atoms with E-state index < -0.39 is 11.3 Å². The van der Waals surface area contributed by atoms with E-state index in [-0.39, 0.29) is 17.2 Å². The minimum Gasteiger partial charge on any atom is -0.399 e. The van der Waals surface area contributed by atoms with Crippen molar-refractivity contribution in [3.8, 4) is 18.2 Å². The van der Waals surface area contributed by atoms with Gasteiger partial charge in [0.15, 0.2) is 5.41 Å². The van der Waals surface area contributed by atoms with Crippen LogP contribution >= 0.6 is 15.9 Å². The molecule has 0 aromatic heterocycles. The van der Waals surface area contributed by atoms with E-state index in [2.05, 4.69) is 51.2 Å². The zero-order valence-electron chi connectivity index (χ0n) is 16.8. The van der Waals surface area contributed by atoms with Gasteiger partial charge in [-0.25, -0.2) is 0 Å². The van der Waals surface area contributed by atoms with Gasteiger partial charge >= 0.3 is 0 Å². The summed E-state index contributed by atoms with van der Waals surface area (Å²) < 4.78 is 0.915. The third-order valence-electron chi connectivity index (χ3n) is 6.22. The van der Waals surface area contributed by atoms with Gasteiger partial charge in [-0.05, 0) is 28.8 Å². The summed E-state index contributed by atoms with van der Waals surface area (Å²) in [4.78, 5) is 2.28. The molecule has 152 valence electrons. The number of allylic oxidation sites excluding steroid dienone is 2. The van der Waals surface area contributed by atoms with E-state index in [9.17, 15) is 15.8 Å². The summed E-state index contributed by atoms with van der Waals surface area (Å²) in [5, 5.41) is 30.2. The Morgan fingerprint density at radius 2 is 1.71 bits per heavy atom. The van der Waals surface area contributed by atoms with E-state index in [0.29, 0.717) is 13.1 Å². The van der Waals surface area contributed by atoms with Crippen LogP contribution in [-0.4, -0.2) is 18.0 Å². The molecule has 0 spiro atoms. The molecule has 0 saturated heterocycles. The summed E-state index contributed by atoms with van der Waals surface area (Å²) in [6.45, 7) is 2.06. The highest BCUT2D eigenvalue weighted by Crippen LogP contribution is 2.54. The third-order valence-corrected chi connectivity index (χ3v) is 6.75. The Bertz CT molecular complexity index is 1160. The van der Waals surface area contributed by atoms with Gasteiger partial charge < -0.3 is 5.73 Å². The maximum Gasteiger partial charge on any atom is 0.191 e. The van der Waals surface area contributed by atoms with Crippen molar-refractivity contribution in [2.24, 2.45) is 17.1 Å². The predicted octanol–water partition coefficient (Wildman–Crippen LogP) is 4.37. The van der Waals surface area contributed by atoms with Crippen molar-refractivity contribution in [3.63, 3.8) is 0 Å². The average Bonchev–Trinajstić information content (AvgIpc) is 2.80. The molecule has 1 aliphatic heterocycles. The molecular weight excluding hydrogens is 450 g/mol. The highest BCUT2D eigenvalue weighted by molar-refractivity contribution is 9.10. The van der Waals surface area contributed by atoms with Crippen molar-refractivity contribution in [2.75, 3.05) is 13.1 Å². The molecule has 2 aliphatic rings. The van der Waals surface area contributed by atoms with E-state index in [4.69, 9.17) is 5.73 Å². The molecule has 0 amide bonds. The number of rotatable bonds is 3. The Balaban J connectivity index is 1.84. The number of fused-ring (bicyclic) bond motifs is 1. The molecule has 2 atom stereocenters. The predicted molar refractivity (Wildman–Crippen MR) is 121 cm³/mol. The van der Waals surface area contributed by atoms with E-state index in [1.807, 2.05) is 48.5 Å². The van der Waals surface area contributed by atoms with Crippen LogP contribution in [0.2, 0.25) is 0 Å². The minimum atomic E-state index is -1.60. The molecule has 4 rings (SSSR count). The molecule has 2 N–H and O–H groups in total. The molecule has 1 aliphatic carbocycles. The van der Waals surface area contributed by atoms with Gasteiger partial charge in [-0.2, -0.15) is 15.8 Å². The van der Waals surface area contributed by atoms with Crippen LogP contribution in [0.3, 0.4) is 0 Å². The average molecular weight is 470 g/mol. The zero-order chi connectivity index (χ0) is 22.0. The van der Waals surface area contributed by atoms with Gasteiger partial charge in [-0.1, -0.05) is 64.5 Å². The minimum absolute atomic E-state index is 0.0620. The highest BCUT2D eigenvalue weighted by atomic mass is 79.9. The first kappa shape index (κ1) is 20.9. The van der Waals surface area contributed by atoms with Crippen molar-refractivity contribution in [3.05, 3.63) is 93.1 Å². The highest BCUT2D eigenvalue weighted by Gasteiger charge is 2.54. The van der Waals surface area contributed by atoms with Crippen molar-refractivity contribution in [2.45, 2.75) is 12.5 Å². The first-order valence-electron chi connectivity index (χ1n) is 9.99. The summed E-state index contributed by atoms with van der Waals surface area (Å²) in [6, 6.07) is 24.4. The van der Waals surface area contributed by atoms with Gasteiger partial charge in [0.05, 0.1) is 23.4 Å². The molecule has 6 heteroatoms. The summed E-state index contributed by atoms with van der Waals surface area (Å²) >= 11 is 3.45. The van der Waals surface area contributed by atoms with E-state index in [1.165, 1.54) is 5.56 Å². The summed E-state index contributed by atoms with van der Waals surface area (Å²) in [5.41, 5.74) is 8.00. The van der Waals surface area contributed by atoms with Gasteiger partial charge in [0.25, 0.3) is 0 Å². The fraction of sp³-hybridized carbons (Fsp3) is 0.240. The van der Waals surface area contributed by atoms with Gasteiger partial charge in [-0.15, -0.1) is 0 Å². The van der Waals surface area contributed by atoms with Crippen LogP contribution in [-0.2, 0) is 6.54 Å². The monoisotopic (exact) mass is 469 g/mol. The van der Waals surface area contributed by atoms with E-state index in [1.54, 1.807) is 0 Å². The van der Waals surface area contributed by atoms with Crippen molar-refractivity contribution >= 4 is 15.9 Å². The molecule has 0 unspecified atom stereocenters. The smallest absolute Gasteiger partial charge is 0.191 e. The normalized spacial score (nSPS) is 22.5. The molecular formula is C25H20BrN5. The van der Waals surface area contributed by atoms with Gasteiger partial charge in [0, 0.05) is 35.9 Å². The molecule has 0 radical (unpaired) electrons. The van der Waals surface area contributed by atoms with Crippen LogP contribution in [0.5, 0.6) is 0 Å². The molecule has 0 fully saturated rings. The lowest BCUT2D eigenvalue weighted by Crippen LogP contribution is -2.47. The van der Waals surface area contributed by atoms with Gasteiger partial charge in [0.2, 0.25) is 0 Å². The maximum atomic E-state index is 10.2. The van der Waals surface area contributed by atoms with Crippen LogP contribution in [0.1, 0.15) is 17.0 Å². The Labute approximate surface area is 190 Å². The van der Waals surface area contributed by atoms with Crippen molar-refractivity contribution < 1.29 is 0 Å². The summed E-state index contributed by atoms with van der Waals surface area (Å²) in [6.07, 6.45) is 2.03. The topological polar surface area (TPSA) is 101 Å². The molecule has 1 heterocycles. The molecule has 31 heavy (non-hydrogen) atoms. The lowest BCUT2D eigenvalue weighted by Gasteiger charge is -2.45. The zero-order valence-corrected chi connectivity index (χ0v) is 18.4. The summed E-state index contributed by atoms with van der Waals surface area (Å²) in [7, 11) is 0. The standard InChI is InChI=1S/C25H20BrN5/c26-19-8-6-18(7-9-19)23-22-14-31(13-17-4-2-1-3-5-17)11-10-20(22)21(12-27)24(30)25(23,15-28)16-29/h1-10,22-23H,11,13-14,30H2/t22-,23+/m0/s1. The van der Waals surface area contributed by atoms with E-state index >= 15 is 0 Å². The van der Waals surface area contributed by atoms with Crippen LogP contribution in [0.25, 0.3) is 0 Å². The Kier molecular flexibility index (Phi) is 5.66.